The molecule has 3 aromatic carbocycles. The summed E-state index contributed by atoms with van der Waals surface area (Å²) in [5.41, 5.74) is 0. The van der Waals surface area contributed by atoms with Gasteiger partial charge in [-0.15, -0.1) is 0 Å². The second-order valence-electron chi connectivity index (χ2n) is 8.83. The van der Waals surface area contributed by atoms with Gasteiger partial charge in [0.2, 0.25) is 0 Å². The fourth-order valence-electron chi connectivity index (χ4n) is 3.98. The molecule has 0 heterocycles. The highest BCUT2D eigenvalue weighted by Crippen LogP contribution is 2.49. The molecule has 34 heavy (non-hydrogen) atoms. The van der Waals surface area contributed by atoms with Gasteiger partial charge in [-0.25, -0.2) is 0 Å². The van der Waals surface area contributed by atoms with Crippen LogP contribution in [0.4, 0.5) is 0 Å². The Hall–Kier alpha value is -2.62. The van der Waals surface area contributed by atoms with Gasteiger partial charge < -0.3 is 18.9 Å². The van der Waals surface area contributed by atoms with Crippen LogP contribution in [0, 0.1) is 0 Å². The smallest absolute Gasteiger partial charge is 0.172 e. The van der Waals surface area contributed by atoms with Crippen LogP contribution in [0.1, 0.15) is 79.1 Å². The first-order valence-electron chi connectivity index (χ1n) is 13.3. The molecule has 0 amide bonds. The maximum Gasteiger partial charge on any atom is 0.172 e. The number of ether oxygens (including phenoxy) is 4. The van der Waals surface area contributed by atoms with Gasteiger partial charge in [-0.3, -0.25) is 0 Å². The Morgan fingerprint density at radius 3 is 1.50 bits per heavy atom. The Balaban J connectivity index is 2.26. The highest BCUT2D eigenvalue weighted by Gasteiger charge is 2.22. The van der Waals surface area contributed by atoms with Crippen molar-refractivity contribution in [3.63, 3.8) is 0 Å². The van der Waals surface area contributed by atoms with Gasteiger partial charge in [0.05, 0.1) is 31.8 Å². The summed E-state index contributed by atoms with van der Waals surface area (Å²) in [6.45, 7) is 11.4. The van der Waals surface area contributed by atoms with Gasteiger partial charge in [0.25, 0.3) is 0 Å². The van der Waals surface area contributed by atoms with Crippen LogP contribution in [-0.4, -0.2) is 26.4 Å². The van der Waals surface area contributed by atoms with Crippen molar-refractivity contribution in [2.75, 3.05) is 26.4 Å². The minimum Gasteiger partial charge on any atom is -0.492 e. The lowest BCUT2D eigenvalue weighted by molar-refractivity contribution is 0.263. The molecular formula is C30H42O4. The molecule has 3 rings (SSSR count). The van der Waals surface area contributed by atoms with E-state index in [1.807, 2.05) is 6.07 Å². The molecule has 0 fully saturated rings. The van der Waals surface area contributed by atoms with Gasteiger partial charge in [0, 0.05) is 16.2 Å². The lowest BCUT2D eigenvalue weighted by Crippen LogP contribution is -2.06. The Morgan fingerprint density at radius 2 is 0.941 bits per heavy atom. The minimum absolute atomic E-state index is 0.646. The van der Waals surface area contributed by atoms with Gasteiger partial charge >= 0.3 is 0 Å². The van der Waals surface area contributed by atoms with E-state index in [1.54, 1.807) is 0 Å². The summed E-state index contributed by atoms with van der Waals surface area (Å²) in [6, 6.07) is 12.5. The average Bonchev–Trinajstić information content (AvgIpc) is 2.86. The zero-order valence-electron chi connectivity index (χ0n) is 21.6. The summed E-state index contributed by atoms with van der Waals surface area (Å²) in [4.78, 5) is 0. The second-order valence-corrected chi connectivity index (χ2v) is 8.83. The molecule has 0 aliphatic heterocycles. The summed E-state index contributed by atoms with van der Waals surface area (Å²) in [6.07, 6.45) is 8.36. The molecule has 0 spiro atoms. The predicted octanol–water partition coefficient (Wildman–Crippen LogP) is 8.71. The molecule has 0 saturated carbocycles. The fraction of sp³-hybridized carbons (Fsp3) is 0.533. The molecule has 0 bridgehead atoms. The van der Waals surface area contributed by atoms with Crippen LogP contribution in [0.2, 0.25) is 0 Å². The molecule has 4 nitrogen and oxygen atoms in total. The number of fused-ring (bicyclic) bond motifs is 2. The molecule has 0 atom stereocenters. The van der Waals surface area contributed by atoms with E-state index in [1.165, 1.54) is 0 Å². The predicted molar refractivity (Wildman–Crippen MR) is 143 cm³/mol. The van der Waals surface area contributed by atoms with Crippen LogP contribution >= 0.6 is 0 Å². The normalized spacial score (nSPS) is 11.2. The number of hydrogen-bond donors (Lipinski definition) is 0. The summed E-state index contributed by atoms with van der Waals surface area (Å²) in [7, 11) is 0. The number of rotatable bonds is 16. The Labute approximate surface area is 205 Å². The molecule has 0 aliphatic carbocycles. The largest absolute Gasteiger partial charge is 0.492 e. The zero-order valence-corrected chi connectivity index (χ0v) is 21.6. The third-order valence-corrected chi connectivity index (χ3v) is 6.00. The molecule has 3 aromatic rings. The van der Waals surface area contributed by atoms with Crippen molar-refractivity contribution in [1.29, 1.82) is 0 Å². The maximum atomic E-state index is 6.49. The number of hydrogen-bond acceptors (Lipinski definition) is 4. The van der Waals surface area contributed by atoms with Crippen molar-refractivity contribution in [2.24, 2.45) is 0 Å². The first-order chi connectivity index (χ1) is 16.8. The number of benzene rings is 3. The average molecular weight is 467 g/mol. The van der Waals surface area contributed by atoms with E-state index in [-0.39, 0.29) is 0 Å². The summed E-state index contributed by atoms with van der Waals surface area (Å²) < 4.78 is 25.6. The standard InChI is InChI=1S/C30H42O4/c1-5-9-19-31-26-18-17-25-27(30(26)34-22-12-8-4)29(33-21-11-7-3)24-16-14-13-15-23(24)28(25)32-20-10-6-2/h13-18H,5-12,19-22H2,1-4H3. The summed E-state index contributed by atoms with van der Waals surface area (Å²) in [5, 5.41) is 4.13. The highest BCUT2D eigenvalue weighted by atomic mass is 16.5. The quantitative estimate of drug-likeness (QED) is 0.156. The van der Waals surface area contributed by atoms with E-state index in [0.29, 0.717) is 26.4 Å². The van der Waals surface area contributed by atoms with Crippen LogP contribution in [-0.2, 0) is 0 Å². The third kappa shape index (κ3) is 6.28. The number of unbranched alkanes of at least 4 members (excludes halogenated alkanes) is 4. The molecule has 0 aliphatic rings. The zero-order chi connectivity index (χ0) is 24.2. The van der Waals surface area contributed by atoms with Crippen LogP contribution in [0.5, 0.6) is 23.0 Å². The summed E-state index contributed by atoms with van der Waals surface area (Å²) >= 11 is 0. The van der Waals surface area contributed by atoms with E-state index < -0.39 is 0 Å². The molecule has 4 heteroatoms. The Morgan fingerprint density at radius 1 is 0.471 bits per heavy atom. The molecule has 0 radical (unpaired) electrons. The molecule has 186 valence electrons. The van der Waals surface area contributed by atoms with Gasteiger partial charge in [0.1, 0.15) is 11.5 Å². The van der Waals surface area contributed by atoms with E-state index in [4.69, 9.17) is 18.9 Å². The minimum atomic E-state index is 0.646. The third-order valence-electron chi connectivity index (χ3n) is 6.00. The van der Waals surface area contributed by atoms with Crippen molar-refractivity contribution < 1.29 is 18.9 Å². The lowest BCUT2D eigenvalue weighted by Gasteiger charge is -2.22. The van der Waals surface area contributed by atoms with Crippen LogP contribution < -0.4 is 18.9 Å². The van der Waals surface area contributed by atoms with Crippen molar-refractivity contribution in [1.82, 2.24) is 0 Å². The van der Waals surface area contributed by atoms with Crippen molar-refractivity contribution >= 4 is 21.5 Å². The van der Waals surface area contributed by atoms with E-state index in [2.05, 4.69) is 58.0 Å². The maximum absolute atomic E-state index is 6.49. The van der Waals surface area contributed by atoms with Crippen molar-refractivity contribution in [3.8, 4) is 23.0 Å². The molecule has 0 unspecified atom stereocenters. The van der Waals surface area contributed by atoms with Gasteiger partial charge in [0.15, 0.2) is 11.5 Å². The second kappa shape index (κ2) is 13.9. The van der Waals surface area contributed by atoms with E-state index in [9.17, 15) is 0 Å². The Kier molecular flexibility index (Phi) is 10.7. The lowest BCUT2D eigenvalue weighted by atomic mass is 9.99. The Bertz CT molecular complexity index is 1030. The van der Waals surface area contributed by atoms with Gasteiger partial charge in [-0.1, -0.05) is 77.6 Å². The van der Waals surface area contributed by atoms with Gasteiger partial charge in [-0.05, 0) is 37.8 Å². The molecule has 0 N–H and O–H groups in total. The van der Waals surface area contributed by atoms with Crippen molar-refractivity contribution in [2.45, 2.75) is 79.1 Å². The highest BCUT2D eigenvalue weighted by molar-refractivity contribution is 6.13. The fourth-order valence-corrected chi connectivity index (χ4v) is 3.98. The van der Waals surface area contributed by atoms with Crippen LogP contribution in [0.15, 0.2) is 36.4 Å². The van der Waals surface area contributed by atoms with E-state index >= 15 is 0 Å². The monoisotopic (exact) mass is 466 g/mol. The first kappa shape index (κ1) is 26.0. The van der Waals surface area contributed by atoms with Gasteiger partial charge in [-0.2, -0.15) is 0 Å². The summed E-state index contributed by atoms with van der Waals surface area (Å²) in [5.74, 6) is 3.34. The molecule has 0 aromatic heterocycles. The molecule has 0 saturated heterocycles. The van der Waals surface area contributed by atoms with Crippen molar-refractivity contribution in [3.05, 3.63) is 36.4 Å². The van der Waals surface area contributed by atoms with E-state index in [0.717, 1.165) is 95.9 Å². The topological polar surface area (TPSA) is 36.9 Å². The SMILES string of the molecule is CCCCOc1ccc2c(OCCCC)c3ccccc3c(OCCCC)c2c1OCCCC. The molecular weight excluding hydrogens is 424 g/mol. The first-order valence-corrected chi connectivity index (χ1v) is 13.3. The van der Waals surface area contributed by atoms with Crippen LogP contribution in [0.25, 0.3) is 21.5 Å². The van der Waals surface area contributed by atoms with Crippen LogP contribution in [0.3, 0.4) is 0 Å².